The molecular weight excluding hydrogens is 365 g/mol. The van der Waals surface area contributed by atoms with Crippen molar-refractivity contribution in [2.24, 2.45) is 5.41 Å². The number of esters is 1. The van der Waals surface area contributed by atoms with Crippen LogP contribution >= 0.6 is 22.6 Å². The quantitative estimate of drug-likeness (QED) is 0.330. The van der Waals surface area contributed by atoms with Gasteiger partial charge in [-0.1, -0.05) is 41.6 Å². The topological polar surface area (TPSA) is 38.3 Å². The van der Waals surface area contributed by atoms with Crippen molar-refractivity contribution in [2.75, 3.05) is 5.32 Å². The second kappa shape index (κ2) is 6.78. The molecule has 20 heavy (non-hydrogen) atoms. The first-order valence-electron chi connectivity index (χ1n) is 6.87. The summed E-state index contributed by atoms with van der Waals surface area (Å²) < 4.78 is 5.37. The molecule has 0 aliphatic rings. The number of benzene rings is 1. The van der Waals surface area contributed by atoms with Crippen molar-refractivity contribution in [3.05, 3.63) is 29.8 Å². The van der Waals surface area contributed by atoms with Crippen molar-refractivity contribution < 1.29 is 9.53 Å². The number of carbonyl (C=O) groups excluding carboxylic acids is 1. The first-order chi connectivity index (χ1) is 9.14. The molecule has 1 rings (SSSR count). The van der Waals surface area contributed by atoms with Crippen LogP contribution in [0.4, 0.5) is 5.69 Å². The lowest BCUT2D eigenvalue weighted by Gasteiger charge is -2.21. The molecule has 0 saturated carbocycles. The molecule has 0 bridgehead atoms. The molecule has 4 heteroatoms. The van der Waals surface area contributed by atoms with Crippen molar-refractivity contribution in [3.8, 4) is 0 Å². The van der Waals surface area contributed by atoms with Gasteiger partial charge in [-0.25, -0.2) is 0 Å². The van der Waals surface area contributed by atoms with E-state index >= 15 is 0 Å². The number of rotatable bonds is 6. The first kappa shape index (κ1) is 17.3. The molecule has 0 unspecified atom stereocenters. The molecule has 0 heterocycles. The Morgan fingerprint density at radius 1 is 1.20 bits per heavy atom. The Balaban J connectivity index is 2.56. The third-order valence-corrected chi connectivity index (χ3v) is 3.47. The molecule has 0 aliphatic carbocycles. The van der Waals surface area contributed by atoms with E-state index in [-0.39, 0.29) is 9.51 Å². The number of anilines is 1. The Morgan fingerprint density at radius 2 is 1.75 bits per heavy atom. The van der Waals surface area contributed by atoms with E-state index in [1.165, 1.54) is 0 Å². The zero-order valence-electron chi connectivity index (χ0n) is 12.9. The smallest absolute Gasteiger partial charge is 0.311 e. The summed E-state index contributed by atoms with van der Waals surface area (Å²) in [7, 11) is 0. The van der Waals surface area contributed by atoms with E-state index in [1.54, 1.807) is 0 Å². The van der Waals surface area contributed by atoms with Gasteiger partial charge in [-0.05, 0) is 51.8 Å². The molecule has 0 aromatic heterocycles. The molecular formula is C16H24INO2. The monoisotopic (exact) mass is 389 g/mol. The van der Waals surface area contributed by atoms with Crippen molar-refractivity contribution in [2.45, 2.75) is 51.2 Å². The van der Waals surface area contributed by atoms with Gasteiger partial charge in [0, 0.05) is 5.69 Å². The van der Waals surface area contributed by atoms with Gasteiger partial charge >= 0.3 is 5.97 Å². The molecule has 1 aromatic rings. The minimum Gasteiger partial charge on any atom is -0.460 e. The van der Waals surface area contributed by atoms with E-state index in [9.17, 15) is 4.79 Å². The van der Waals surface area contributed by atoms with E-state index in [2.05, 4.69) is 41.8 Å². The predicted molar refractivity (Wildman–Crippen MR) is 92.0 cm³/mol. The average Bonchev–Trinajstić information content (AvgIpc) is 2.35. The Kier molecular flexibility index (Phi) is 5.86. The first-order valence-corrected chi connectivity index (χ1v) is 7.95. The number of ether oxygens (including phenoxy) is 1. The van der Waals surface area contributed by atoms with Crippen molar-refractivity contribution in [1.82, 2.24) is 0 Å². The van der Waals surface area contributed by atoms with Gasteiger partial charge in [0.25, 0.3) is 0 Å². The van der Waals surface area contributed by atoms with Crippen LogP contribution in [0, 0.1) is 5.41 Å². The lowest BCUT2D eigenvalue weighted by Crippen LogP contribution is -2.25. The van der Waals surface area contributed by atoms with Crippen LogP contribution in [0.3, 0.4) is 0 Å². The van der Waals surface area contributed by atoms with Crippen molar-refractivity contribution in [3.63, 3.8) is 0 Å². The molecule has 0 atom stereocenters. The van der Waals surface area contributed by atoms with Crippen molar-refractivity contribution >= 4 is 34.2 Å². The maximum atomic E-state index is 11.9. The number of carbonyl (C=O) groups is 1. The fourth-order valence-electron chi connectivity index (χ4n) is 1.52. The highest BCUT2D eigenvalue weighted by molar-refractivity contribution is 14.1. The maximum Gasteiger partial charge on any atom is 0.311 e. The molecule has 1 aromatic carbocycles. The van der Waals surface area contributed by atoms with Crippen LogP contribution in [0.2, 0.25) is 0 Å². The molecule has 3 nitrogen and oxygen atoms in total. The Labute approximate surface area is 135 Å². The van der Waals surface area contributed by atoms with Gasteiger partial charge in [-0.3, -0.25) is 4.79 Å². The Bertz CT molecular complexity index is 447. The minimum absolute atomic E-state index is 0.0108. The summed E-state index contributed by atoms with van der Waals surface area (Å²) in [6.45, 7) is 10.4. The van der Waals surface area contributed by atoms with Gasteiger partial charge in [0.1, 0.15) is 6.61 Å². The predicted octanol–water partition coefficient (Wildman–Crippen LogP) is 4.75. The lowest BCUT2D eigenvalue weighted by atomic mass is 9.91. The minimum atomic E-state index is -0.410. The van der Waals surface area contributed by atoms with Gasteiger partial charge in [0.05, 0.1) is 8.96 Å². The number of nitrogens with one attached hydrogen (secondary N) is 1. The fourth-order valence-corrected chi connectivity index (χ4v) is 1.83. The van der Waals surface area contributed by atoms with Gasteiger partial charge in [-0.15, -0.1) is 0 Å². The summed E-state index contributed by atoms with van der Waals surface area (Å²) in [6.07, 6.45) is 0.777. The Hall–Kier alpha value is -0.780. The zero-order valence-corrected chi connectivity index (χ0v) is 15.1. The molecule has 0 spiro atoms. The number of alkyl halides is 1. The van der Waals surface area contributed by atoms with E-state index in [0.717, 1.165) is 17.7 Å². The molecule has 112 valence electrons. The molecule has 1 N–H and O–H groups in total. The van der Waals surface area contributed by atoms with E-state index in [4.69, 9.17) is 4.74 Å². The third kappa shape index (κ3) is 5.69. The van der Waals surface area contributed by atoms with Crippen LogP contribution in [-0.4, -0.2) is 9.51 Å². The molecule has 0 fully saturated rings. The fraction of sp³-hybridized carbons (Fsp3) is 0.562. The SMILES string of the molecule is CCC(C)(C)C(=O)OCc1ccc(NC(C)(C)I)cc1. The number of hydrogen-bond acceptors (Lipinski definition) is 3. The molecule has 0 aliphatic heterocycles. The van der Waals surface area contributed by atoms with Gasteiger partial charge in [0.15, 0.2) is 0 Å². The molecule has 0 saturated heterocycles. The van der Waals surface area contributed by atoms with Crippen molar-refractivity contribution in [1.29, 1.82) is 0 Å². The zero-order chi connectivity index (χ0) is 15.4. The van der Waals surface area contributed by atoms with Crippen LogP contribution < -0.4 is 5.32 Å². The van der Waals surface area contributed by atoms with E-state index < -0.39 is 5.41 Å². The van der Waals surface area contributed by atoms with Gasteiger partial charge < -0.3 is 10.1 Å². The summed E-state index contributed by atoms with van der Waals surface area (Å²) in [5, 5.41) is 3.39. The normalized spacial score (nSPS) is 12.1. The van der Waals surface area contributed by atoms with Crippen LogP contribution in [-0.2, 0) is 16.1 Å². The summed E-state index contributed by atoms with van der Waals surface area (Å²) in [5.41, 5.74) is 1.66. The third-order valence-electron chi connectivity index (χ3n) is 3.20. The number of hydrogen-bond donors (Lipinski definition) is 1. The number of halogens is 1. The van der Waals surface area contributed by atoms with Crippen LogP contribution in [0.5, 0.6) is 0 Å². The van der Waals surface area contributed by atoms with Crippen LogP contribution in [0.15, 0.2) is 24.3 Å². The molecule has 0 amide bonds. The molecule has 0 radical (unpaired) electrons. The van der Waals surface area contributed by atoms with Gasteiger partial charge in [-0.2, -0.15) is 0 Å². The Morgan fingerprint density at radius 3 is 2.20 bits per heavy atom. The summed E-state index contributed by atoms with van der Waals surface area (Å²) in [6, 6.07) is 7.98. The van der Waals surface area contributed by atoms with Gasteiger partial charge in [0.2, 0.25) is 0 Å². The van der Waals surface area contributed by atoms with E-state index in [1.807, 2.05) is 45.0 Å². The highest BCUT2D eigenvalue weighted by atomic mass is 127. The average molecular weight is 389 g/mol. The summed E-state index contributed by atoms with van der Waals surface area (Å²) in [4.78, 5) is 11.9. The van der Waals surface area contributed by atoms with Crippen LogP contribution in [0.25, 0.3) is 0 Å². The lowest BCUT2D eigenvalue weighted by molar-refractivity contribution is -0.155. The maximum absolute atomic E-state index is 11.9. The largest absolute Gasteiger partial charge is 0.460 e. The highest BCUT2D eigenvalue weighted by Gasteiger charge is 2.26. The van der Waals surface area contributed by atoms with Crippen LogP contribution in [0.1, 0.15) is 46.6 Å². The second-order valence-corrected chi connectivity index (χ2v) is 8.80. The standard InChI is InChI=1S/C16H24INO2/c1-6-15(2,3)14(19)20-11-12-7-9-13(10-8-12)18-16(4,5)17/h7-10,18H,6,11H2,1-5H3. The second-order valence-electron chi connectivity index (χ2n) is 6.11. The highest BCUT2D eigenvalue weighted by Crippen LogP contribution is 2.23. The summed E-state index contributed by atoms with van der Waals surface area (Å²) >= 11 is 2.35. The summed E-state index contributed by atoms with van der Waals surface area (Å²) in [5.74, 6) is -0.143. The van der Waals surface area contributed by atoms with E-state index in [0.29, 0.717) is 6.61 Å².